The Kier molecular flexibility index (Phi) is 7.54. The minimum absolute atomic E-state index is 0.0373. The fraction of sp³-hybridized carbons (Fsp3) is 0.818. The summed E-state index contributed by atoms with van der Waals surface area (Å²) in [6.07, 6.45) is 1.57. The molecule has 0 radical (unpaired) electrons. The number of amides is 1. The smallest absolute Gasteiger partial charge is 0.303 e. The minimum Gasteiger partial charge on any atom is -0.481 e. The number of carboxylic acid groups (broad SMARTS) is 1. The van der Waals surface area contributed by atoms with Gasteiger partial charge in [-0.05, 0) is 33.2 Å². The summed E-state index contributed by atoms with van der Waals surface area (Å²) in [4.78, 5) is 21.8. The Morgan fingerprint density at radius 1 is 1.31 bits per heavy atom. The number of aliphatic carboxylic acids is 1. The molecule has 2 unspecified atom stereocenters. The number of nitrogens with one attached hydrogen (secondary N) is 2. The number of hydrogen-bond donors (Lipinski definition) is 3. The third-order valence-electron chi connectivity index (χ3n) is 2.41. The maximum Gasteiger partial charge on any atom is 0.303 e. The minimum atomic E-state index is -0.807. The molecule has 0 bridgehead atoms. The molecule has 0 rings (SSSR count). The molecule has 5 heteroatoms. The van der Waals surface area contributed by atoms with Crippen LogP contribution in [0.4, 0.5) is 0 Å². The van der Waals surface area contributed by atoms with Crippen LogP contribution in [0.25, 0.3) is 0 Å². The molecule has 0 aliphatic carbocycles. The first-order chi connectivity index (χ1) is 7.47. The molecule has 0 saturated heterocycles. The Bertz CT molecular complexity index is 231. The van der Waals surface area contributed by atoms with Gasteiger partial charge in [0.05, 0.1) is 6.04 Å². The molecule has 16 heavy (non-hydrogen) atoms. The molecule has 0 fully saturated rings. The molecule has 0 saturated carbocycles. The van der Waals surface area contributed by atoms with E-state index in [1.54, 1.807) is 6.92 Å². The number of rotatable bonds is 8. The number of carbonyl (C=O) groups is 2. The zero-order valence-corrected chi connectivity index (χ0v) is 10.2. The Morgan fingerprint density at radius 3 is 2.44 bits per heavy atom. The number of carbonyl (C=O) groups excluding carboxylic acids is 1. The van der Waals surface area contributed by atoms with Gasteiger partial charge >= 0.3 is 5.97 Å². The molecule has 0 heterocycles. The second-order valence-electron chi connectivity index (χ2n) is 3.99. The van der Waals surface area contributed by atoms with Gasteiger partial charge in [0.15, 0.2) is 0 Å². The van der Waals surface area contributed by atoms with Gasteiger partial charge in [-0.25, -0.2) is 0 Å². The molecule has 1 amide bonds. The van der Waals surface area contributed by atoms with E-state index in [1.807, 2.05) is 13.8 Å². The van der Waals surface area contributed by atoms with Crippen LogP contribution in [-0.4, -0.2) is 35.6 Å². The molecule has 0 aliphatic rings. The van der Waals surface area contributed by atoms with Gasteiger partial charge in [0.2, 0.25) is 5.91 Å². The lowest BCUT2D eigenvalue weighted by molar-refractivity contribution is -0.137. The van der Waals surface area contributed by atoms with E-state index in [9.17, 15) is 9.59 Å². The predicted molar refractivity (Wildman–Crippen MR) is 62.2 cm³/mol. The molecular formula is C11H22N2O3. The Balaban J connectivity index is 3.67. The van der Waals surface area contributed by atoms with Crippen molar-refractivity contribution in [3.63, 3.8) is 0 Å². The lowest BCUT2D eigenvalue weighted by Gasteiger charge is -2.17. The van der Waals surface area contributed by atoms with Crippen LogP contribution in [0.5, 0.6) is 0 Å². The normalized spacial score (nSPS) is 14.2. The monoisotopic (exact) mass is 230 g/mol. The van der Waals surface area contributed by atoms with Crippen molar-refractivity contribution in [3.8, 4) is 0 Å². The fourth-order valence-electron chi connectivity index (χ4n) is 1.12. The average molecular weight is 230 g/mol. The molecule has 0 aromatic heterocycles. The highest BCUT2D eigenvalue weighted by molar-refractivity contribution is 5.81. The van der Waals surface area contributed by atoms with Crippen LogP contribution in [0.1, 0.15) is 40.0 Å². The van der Waals surface area contributed by atoms with Crippen LogP contribution in [0.15, 0.2) is 0 Å². The maximum atomic E-state index is 11.6. The summed E-state index contributed by atoms with van der Waals surface area (Å²) in [7, 11) is 0. The Hall–Kier alpha value is -1.10. The van der Waals surface area contributed by atoms with Crippen molar-refractivity contribution in [2.24, 2.45) is 0 Å². The maximum absolute atomic E-state index is 11.6. The summed E-state index contributed by atoms with van der Waals surface area (Å²) in [5, 5.41) is 14.3. The molecule has 0 spiro atoms. The van der Waals surface area contributed by atoms with E-state index in [0.29, 0.717) is 13.0 Å². The molecular weight excluding hydrogens is 208 g/mol. The molecule has 3 N–H and O–H groups in total. The van der Waals surface area contributed by atoms with Gasteiger partial charge in [0, 0.05) is 12.5 Å². The van der Waals surface area contributed by atoms with Gasteiger partial charge in [-0.2, -0.15) is 0 Å². The Labute approximate surface area is 96.6 Å². The predicted octanol–water partition coefficient (Wildman–Crippen LogP) is 0.744. The first kappa shape index (κ1) is 14.9. The van der Waals surface area contributed by atoms with Crippen molar-refractivity contribution in [2.75, 3.05) is 6.54 Å². The number of hydrogen-bond acceptors (Lipinski definition) is 3. The summed E-state index contributed by atoms with van der Waals surface area (Å²) >= 11 is 0. The average Bonchev–Trinajstić information content (AvgIpc) is 2.23. The van der Waals surface area contributed by atoms with Crippen LogP contribution in [0, 0.1) is 0 Å². The SMILES string of the molecule is CCC(C)NC(=O)C(C)NCCCC(=O)O. The molecule has 94 valence electrons. The van der Waals surface area contributed by atoms with Crippen LogP contribution in [0.2, 0.25) is 0 Å². The van der Waals surface area contributed by atoms with Crippen molar-refractivity contribution in [1.29, 1.82) is 0 Å². The van der Waals surface area contributed by atoms with Crippen molar-refractivity contribution in [2.45, 2.75) is 52.1 Å². The highest BCUT2D eigenvalue weighted by atomic mass is 16.4. The zero-order valence-electron chi connectivity index (χ0n) is 10.2. The quantitative estimate of drug-likeness (QED) is 0.537. The summed E-state index contributed by atoms with van der Waals surface area (Å²) in [5.74, 6) is -0.844. The number of carboxylic acids is 1. The highest BCUT2D eigenvalue weighted by Crippen LogP contribution is 1.92. The molecule has 2 atom stereocenters. The zero-order chi connectivity index (χ0) is 12.6. The van der Waals surface area contributed by atoms with Gasteiger partial charge in [0.1, 0.15) is 0 Å². The van der Waals surface area contributed by atoms with Gasteiger partial charge in [-0.1, -0.05) is 6.92 Å². The van der Waals surface area contributed by atoms with Crippen molar-refractivity contribution < 1.29 is 14.7 Å². The van der Waals surface area contributed by atoms with Crippen molar-refractivity contribution in [3.05, 3.63) is 0 Å². The van der Waals surface area contributed by atoms with Crippen LogP contribution >= 0.6 is 0 Å². The second kappa shape index (κ2) is 8.10. The summed E-state index contributed by atoms with van der Waals surface area (Å²) in [6.45, 7) is 6.28. The van der Waals surface area contributed by atoms with Gasteiger partial charge in [0.25, 0.3) is 0 Å². The van der Waals surface area contributed by atoms with Gasteiger partial charge in [-0.3, -0.25) is 9.59 Å². The summed E-state index contributed by atoms with van der Waals surface area (Å²) < 4.78 is 0. The van der Waals surface area contributed by atoms with Crippen LogP contribution in [-0.2, 0) is 9.59 Å². The largest absolute Gasteiger partial charge is 0.481 e. The standard InChI is InChI=1S/C11H22N2O3/c1-4-8(2)13-11(16)9(3)12-7-5-6-10(14)15/h8-9,12H,4-7H2,1-3H3,(H,13,16)(H,14,15). The topological polar surface area (TPSA) is 78.4 Å². The highest BCUT2D eigenvalue weighted by Gasteiger charge is 2.13. The van der Waals surface area contributed by atoms with E-state index in [-0.39, 0.29) is 24.4 Å². The Morgan fingerprint density at radius 2 is 1.94 bits per heavy atom. The lowest BCUT2D eigenvalue weighted by atomic mass is 10.2. The van der Waals surface area contributed by atoms with Crippen LogP contribution < -0.4 is 10.6 Å². The van der Waals surface area contributed by atoms with E-state index >= 15 is 0 Å². The van der Waals surface area contributed by atoms with E-state index in [4.69, 9.17) is 5.11 Å². The van der Waals surface area contributed by atoms with E-state index in [2.05, 4.69) is 10.6 Å². The third kappa shape index (κ3) is 7.23. The second-order valence-corrected chi connectivity index (χ2v) is 3.99. The summed E-state index contributed by atoms with van der Waals surface area (Å²) in [5.41, 5.74) is 0. The molecule has 0 aliphatic heterocycles. The summed E-state index contributed by atoms with van der Waals surface area (Å²) in [6, 6.07) is -0.0986. The molecule has 0 aromatic rings. The van der Waals surface area contributed by atoms with Crippen LogP contribution in [0.3, 0.4) is 0 Å². The van der Waals surface area contributed by atoms with Crippen molar-refractivity contribution >= 4 is 11.9 Å². The van der Waals surface area contributed by atoms with E-state index in [1.165, 1.54) is 0 Å². The van der Waals surface area contributed by atoms with Gasteiger partial charge < -0.3 is 15.7 Å². The van der Waals surface area contributed by atoms with Gasteiger partial charge in [-0.15, -0.1) is 0 Å². The fourth-order valence-corrected chi connectivity index (χ4v) is 1.12. The first-order valence-corrected chi connectivity index (χ1v) is 5.73. The van der Waals surface area contributed by atoms with E-state index < -0.39 is 5.97 Å². The molecule has 0 aromatic carbocycles. The third-order valence-corrected chi connectivity index (χ3v) is 2.41. The van der Waals surface area contributed by atoms with E-state index in [0.717, 1.165) is 6.42 Å². The van der Waals surface area contributed by atoms with Crippen molar-refractivity contribution in [1.82, 2.24) is 10.6 Å². The first-order valence-electron chi connectivity index (χ1n) is 5.73. The molecule has 5 nitrogen and oxygen atoms in total. The lowest BCUT2D eigenvalue weighted by Crippen LogP contribution is -2.45.